The summed E-state index contributed by atoms with van der Waals surface area (Å²) in [6, 6.07) is 11.8. The second kappa shape index (κ2) is 15.3. The Kier molecular flexibility index (Phi) is 11.9. The van der Waals surface area contributed by atoms with Crippen LogP contribution in [0.5, 0.6) is 0 Å². The second-order valence-corrected chi connectivity index (χ2v) is 10.9. The summed E-state index contributed by atoms with van der Waals surface area (Å²) in [7, 11) is 0. The molecular weight excluding hydrogens is 563 g/mol. The molecule has 232 valence electrons. The number of nitrogens with two attached hydrogens (primary N) is 1. The number of nitrogens with one attached hydrogen (secondary N) is 1. The molecule has 6 N–H and O–H groups in total. The standard InChI is InChI=1S/C30H37FN4O8/c1-30(2,43-29(41)42-17-21(37)16-36)11-10-19(27(32)39)14-26(38)24(13-18-6-5-7-20(31)12-18)35-28(40)25-15-33-22-8-3-4-9-23(22)34-25/h3-9,12,15,19,21,24,26,36-38H,10-11,13-14,16-17H2,1-2H3,(H2,32,39)(H,35,40). The van der Waals surface area contributed by atoms with Crippen molar-refractivity contribution in [2.45, 2.75) is 63.4 Å². The maximum absolute atomic E-state index is 13.9. The molecule has 2 aromatic carbocycles. The quantitative estimate of drug-likeness (QED) is 0.161. The molecule has 1 heterocycles. The van der Waals surface area contributed by atoms with Gasteiger partial charge in [0.2, 0.25) is 5.91 Å². The van der Waals surface area contributed by atoms with Gasteiger partial charge in [0.15, 0.2) is 0 Å². The number of rotatable bonds is 15. The number of hydrogen-bond donors (Lipinski definition) is 5. The van der Waals surface area contributed by atoms with Gasteiger partial charge in [0.25, 0.3) is 5.91 Å². The Bertz CT molecular complexity index is 1410. The van der Waals surface area contributed by atoms with E-state index in [2.05, 4.69) is 15.3 Å². The Balaban J connectivity index is 1.71. The van der Waals surface area contributed by atoms with Crippen LogP contribution in [-0.4, -0.2) is 80.3 Å². The Morgan fingerprint density at radius 1 is 1.09 bits per heavy atom. The zero-order chi connectivity index (χ0) is 31.6. The predicted octanol–water partition coefficient (Wildman–Crippen LogP) is 2.03. The third-order valence-corrected chi connectivity index (χ3v) is 6.79. The van der Waals surface area contributed by atoms with E-state index < -0.39 is 66.8 Å². The summed E-state index contributed by atoms with van der Waals surface area (Å²) in [4.78, 5) is 46.1. The van der Waals surface area contributed by atoms with Crippen LogP contribution < -0.4 is 11.1 Å². The molecule has 12 nitrogen and oxygen atoms in total. The van der Waals surface area contributed by atoms with Gasteiger partial charge in [0.1, 0.15) is 29.8 Å². The molecule has 0 saturated heterocycles. The van der Waals surface area contributed by atoms with Crippen LogP contribution in [0.25, 0.3) is 11.0 Å². The molecule has 0 radical (unpaired) electrons. The van der Waals surface area contributed by atoms with Crippen LogP contribution in [0.2, 0.25) is 0 Å². The van der Waals surface area contributed by atoms with Crippen molar-refractivity contribution in [1.29, 1.82) is 0 Å². The maximum atomic E-state index is 13.9. The summed E-state index contributed by atoms with van der Waals surface area (Å²) in [5.41, 5.74) is 6.15. The number of nitrogens with zero attached hydrogens (tertiary/aromatic N) is 2. The average molecular weight is 601 g/mol. The Hall–Kier alpha value is -4.20. The van der Waals surface area contributed by atoms with Crippen LogP contribution in [-0.2, 0) is 20.7 Å². The first-order valence-electron chi connectivity index (χ1n) is 13.8. The van der Waals surface area contributed by atoms with Gasteiger partial charge in [-0.15, -0.1) is 0 Å². The number of primary amides is 1. The normalized spacial score (nSPS) is 14.4. The minimum Gasteiger partial charge on any atom is -0.431 e. The fraction of sp³-hybridized carbons (Fsp3) is 0.433. The number of aliphatic hydroxyl groups excluding tert-OH is 3. The lowest BCUT2D eigenvalue weighted by Gasteiger charge is -2.29. The number of amides is 2. The van der Waals surface area contributed by atoms with E-state index in [1.807, 2.05) is 0 Å². The Morgan fingerprint density at radius 3 is 2.49 bits per heavy atom. The summed E-state index contributed by atoms with van der Waals surface area (Å²) >= 11 is 0. The molecule has 3 rings (SSSR count). The lowest BCUT2D eigenvalue weighted by Crippen LogP contribution is -2.46. The number of halogens is 1. The van der Waals surface area contributed by atoms with Gasteiger partial charge in [-0.1, -0.05) is 24.3 Å². The van der Waals surface area contributed by atoms with Crippen LogP contribution in [0.3, 0.4) is 0 Å². The number of aliphatic hydroxyl groups is 3. The Labute approximate surface area is 248 Å². The lowest BCUT2D eigenvalue weighted by atomic mass is 9.87. The average Bonchev–Trinajstić information content (AvgIpc) is 2.96. The number of fused-ring (bicyclic) bond motifs is 1. The zero-order valence-corrected chi connectivity index (χ0v) is 24.0. The summed E-state index contributed by atoms with van der Waals surface area (Å²) in [5.74, 6) is -2.69. The van der Waals surface area contributed by atoms with Crippen molar-refractivity contribution in [1.82, 2.24) is 15.3 Å². The number of carbonyl (C=O) groups excluding carboxylic acids is 3. The third kappa shape index (κ3) is 10.5. The van der Waals surface area contributed by atoms with Crippen LogP contribution in [0, 0.1) is 11.7 Å². The molecule has 2 amide bonds. The number of ether oxygens (including phenoxy) is 2. The summed E-state index contributed by atoms with van der Waals surface area (Å²) in [5, 5.41) is 32.2. The van der Waals surface area contributed by atoms with Crippen LogP contribution in [0.15, 0.2) is 54.7 Å². The van der Waals surface area contributed by atoms with Gasteiger partial charge in [0.05, 0.1) is 36.0 Å². The van der Waals surface area contributed by atoms with Crippen LogP contribution in [0.1, 0.15) is 49.2 Å². The van der Waals surface area contributed by atoms with E-state index in [4.69, 9.17) is 20.3 Å². The number of para-hydroxylation sites is 2. The zero-order valence-electron chi connectivity index (χ0n) is 24.0. The van der Waals surface area contributed by atoms with Gasteiger partial charge in [-0.05, 0) is 69.4 Å². The molecule has 0 bridgehead atoms. The van der Waals surface area contributed by atoms with Gasteiger partial charge in [-0.25, -0.2) is 14.2 Å². The van der Waals surface area contributed by atoms with E-state index in [1.165, 1.54) is 24.4 Å². The molecule has 43 heavy (non-hydrogen) atoms. The molecule has 13 heteroatoms. The fourth-order valence-corrected chi connectivity index (χ4v) is 4.39. The van der Waals surface area contributed by atoms with E-state index in [0.717, 1.165) is 0 Å². The van der Waals surface area contributed by atoms with E-state index in [-0.39, 0.29) is 31.4 Å². The molecule has 3 aromatic rings. The van der Waals surface area contributed by atoms with Gasteiger partial charge in [-0.3, -0.25) is 14.6 Å². The van der Waals surface area contributed by atoms with Crippen molar-refractivity contribution in [3.05, 3.63) is 71.8 Å². The van der Waals surface area contributed by atoms with E-state index >= 15 is 0 Å². The second-order valence-electron chi connectivity index (χ2n) is 10.9. The summed E-state index contributed by atoms with van der Waals surface area (Å²) < 4.78 is 23.9. The highest BCUT2D eigenvalue weighted by molar-refractivity contribution is 5.94. The SMILES string of the molecule is CC(C)(CCC(CC(O)C(Cc1cccc(F)c1)NC(=O)c1cnc2ccccc2n1)C(N)=O)OC(=O)OCC(O)CO. The molecular formula is C30H37FN4O8. The summed E-state index contributed by atoms with van der Waals surface area (Å²) in [6.45, 7) is 2.13. The molecule has 0 fully saturated rings. The molecule has 0 saturated carbocycles. The third-order valence-electron chi connectivity index (χ3n) is 6.79. The molecule has 0 spiro atoms. The number of carbonyl (C=O) groups is 3. The first kappa shape index (κ1) is 33.3. The molecule has 1 aromatic heterocycles. The predicted molar refractivity (Wildman–Crippen MR) is 153 cm³/mol. The van der Waals surface area contributed by atoms with Crippen molar-refractivity contribution < 1.29 is 43.6 Å². The lowest BCUT2D eigenvalue weighted by molar-refractivity contribution is -0.123. The number of hydrogen-bond acceptors (Lipinski definition) is 10. The molecule has 4 unspecified atom stereocenters. The number of benzene rings is 2. The highest BCUT2D eigenvalue weighted by atomic mass is 19.1. The fourth-order valence-electron chi connectivity index (χ4n) is 4.39. The van der Waals surface area contributed by atoms with Gasteiger partial charge in [0, 0.05) is 5.92 Å². The first-order chi connectivity index (χ1) is 20.4. The van der Waals surface area contributed by atoms with Crippen molar-refractivity contribution >= 4 is 29.0 Å². The largest absolute Gasteiger partial charge is 0.508 e. The highest BCUT2D eigenvalue weighted by Crippen LogP contribution is 2.25. The van der Waals surface area contributed by atoms with Gasteiger partial charge in [-0.2, -0.15) is 0 Å². The van der Waals surface area contributed by atoms with Gasteiger partial charge >= 0.3 is 6.16 Å². The molecule has 0 aliphatic heterocycles. The van der Waals surface area contributed by atoms with E-state index in [0.29, 0.717) is 16.6 Å². The van der Waals surface area contributed by atoms with Crippen molar-refractivity contribution in [2.75, 3.05) is 13.2 Å². The minimum atomic E-state index is -1.29. The van der Waals surface area contributed by atoms with Gasteiger partial charge < -0.3 is 35.8 Å². The van der Waals surface area contributed by atoms with E-state index in [9.17, 15) is 29.0 Å². The highest BCUT2D eigenvalue weighted by Gasteiger charge is 2.31. The Morgan fingerprint density at radius 2 is 1.81 bits per heavy atom. The van der Waals surface area contributed by atoms with Crippen molar-refractivity contribution in [3.63, 3.8) is 0 Å². The summed E-state index contributed by atoms with van der Waals surface area (Å²) in [6.07, 6.45) is -2.13. The topological polar surface area (TPSA) is 194 Å². The molecule has 0 aliphatic rings. The molecule has 0 aliphatic carbocycles. The number of aromatic nitrogens is 2. The maximum Gasteiger partial charge on any atom is 0.508 e. The van der Waals surface area contributed by atoms with Crippen LogP contribution >= 0.6 is 0 Å². The first-order valence-corrected chi connectivity index (χ1v) is 13.8. The van der Waals surface area contributed by atoms with Crippen LogP contribution in [0.4, 0.5) is 9.18 Å². The minimum absolute atomic E-state index is 0.0129. The van der Waals surface area contributed by atoms with Crippen molar-refractivity contribution in [2.24, 2.45) is 11.7 Å². The van der Waals surface area contributed by atoms with Crippen molar-refractivity contribution in [3.8, 4) is 0 Å². The molecule has 4 atom stereocenters. The smallest absolute Gasteiger partial charge is 0.431 e. The monoisotopic (exact) mass is 600 g/mol. The van der Waals surface area contributed by atoms with E-state index in [1.54, 1.807) is 44.2 Å².